The van der Waals surface area contributed by atoms with Crippen molar-refractivity contribution >= 4 is 5.69 Å². The predicted octanol–water partition coefficient (Wildman–Crippen LogP) is 0.474. The summed E-state index contributed by atoms with van der Waals surface area (Å²) in [6, 6.07) is 0.352. The summed E-state index contributed by atoms with van der Waals surface area (Å²) in [6.45, 7) is 1.23. The smallest absolute Gasteiger partial charge is 0.316 e. The molecule has 1 heterocycles. The van der Waals surface area contributed by atoms with Gasteiger partial charge in [-0.3, -0.25) is 0 Å². The summed E-state index contributed by atoms with van der Waals surface area (Å²) in [5.74, 6) is 0. The Balaban J connectivity index is 2.25. The zero-order chi connectivity index (χ0) is 9.52. The Bertz CT molecular complexity index is 238. The molecule has 5 nitrogen and oxygen atoms in total. The molecule has 0 amide bonds. The van der Waals surface area contributed by atoms with Crippen molar-refractivity contribution in [2.75, 3.05) is 26.1 Å². The molecule has 0 aromatic carbocycles. The van der Waals surface area contributed by atoms with Crippen LogP contribution in [0.5, 0.6) is 6.01 Å². The molecule has 0 saturated carbocycles. The Morgan fingerprint density at radius 2 is 2.00 bits per heavy atom. The molecule has 0 spiro atoms. The van der Waals surface area contributed by atoms with Gasteiger partial charge in [-0.1, -0.05) is 0 Å². The van der Waals surface area contributed by atoms with Crippen molar-refractivity contribution in [3.05, 3.63) is 12.4 Å². The van der Waals surface area contributed by atoms with Crippen molar-refractivity contribution in [1.29, 1.82) is 0 Å². The lowest BCUT2D eigenvalue weighted by molar-refractivity contribution is 0.168. The number of methoxy groups -OCH3 is 1. The molecule has 0 fully saturated rings. The van der Waals surface area contributed by atoms with Crippen LogP contribution in [0.1, 0.15) is 6.42 Å². The van der Waals surface area contributed by atoms with Crippen LogP contribution < -0.4 is 10.5 Å². The number of hydrogen-bond acceptors (Lipinski definition) is 5. The van der Waals surface area contributed by atoms with Crippen molar-refractivity contribution in [3.63, 3.8) is 0 Å². The lowest BCUT2D eigenvalue weighted by atomic mass is 10.5. The van der Waals surface area contributed by atoms with E-state index in [2.05, 4.69) is 9.97 Å². The van der Waals surface area contributed by atoms with Gasteiger partial charge < -0.3 is 15.2 Å². The topological polar surface area (TPSA) is 70.3 Å². The highest BCUT2D eigenvalue weighted by Gasteiger charge is 1.95. The minimum atomic E-state index is 0.352. The molecule has 72 valence electrons. The fourth-order valence-corrected chi connectivity index (χ4v) is 0.767. The molecule has 0 aliphatic heterocycles. The zero-order valence-corrected chi connectivity index (χ0v) is 7.56. The van der Waals surface area contributed by atoms with Gasteiger partial charge in [0.15, 0.2) is 0 Å². The first kappa shape index (κ1) is 9.73. The monoisotopic (exact) mass is 183 g/mol. The Morgan fingerprint density at radius 1 is 1.31 bits per heavy atom. The van der Waals surface area contributed by atoms with Gasteiger partial charge in [-0.05, 0) is 0 Å². The quantitative estimate of drug-likeness (QED) is 0.672. The fraction of sp³-hybridized carbons (Fsp3) is 0.500. The van der Waals surface area contributed by atoms with E-state index in [1.165, 1.54) is 12.4 Å². The van der Waals surface area contributed by atoms with Crippen LogP contribution in [0.15, 0.2) is 12.4 Å². The van der Waals surface area contributed by atoms with Gasteiger partial charge in [0, 0.05) is 20.1 Å². The van der Waals surface area contributed by atoms with Gasteiger partial charge in [-0.15, -0.1) is 0 Å². The predicted molar refractivity (Wildman–Crippen MR) is 48.4 cm³/mol. The van der Waals surface area contributed by atoms with Crippen LogP contribution in [0.4, 0.5) is 5.69 Å². The van der Waals surface area contributed by atoms with Gasteiger partial charge in [-0.25, -0.2) is 9.97 Å². The van der Waals surface area contributed by atoms with Crippen molar-refractivity contribution in [2.24, 2.45) is 0 Å². The van der Waals surface area contributed by atoms with Gasteiger partial charge in [-0.2, -0.15) is 0 Å². The number of aromatic nitrogens is 2. The molecule has 0 radical (unpaired) electrons. The Hall–Kier alpha value is -1.36. The first-order valence-corrected chi connectivity index (χ1v) is 4.02. The van der Waals surface area contributed by atoms with Crippen molar-refractivity contribution < 1.29 is 9.47 Å². The van der Waals surface area contributed by atoms with E-state index in [1.54, 1.807) is 7.11 Å². The molecule has 5 heteroatoms. The van der Waals surface area contributed by atoms with Crippen molar-refractivity contribution in [1.82, 2.24) is 9.97 Å². The Morgan fingerprint density at radius 3 is 2.62 bits per heavy atom. The van der Waals surface area contributed by atoms with Crippen molar-refractivity contribution in [3.8, 4) is 6.01 Å². The van der Waals surface area contributed by atoms with Gasteiger partial charge in [0.2, 0.25) is 0 Å². The molecule has 13 heavy (non-hydrogen) atoms. The molecule has 0 aliphatic carbocycles. The third-order valence-corrected chi connectivity index (χ3v) is 1.37. The summed E-state index contributed by atoms with van der Waals surface area (Å²) in [5.41, 5.74) is 5.93. The number of nitrogens with two attached hydrogens (primary N) is 1. The van der Waals surface area contributed by atoms with Crippen LogP contribution in [0.2, 0.25) is 0 Å². The molecule has 0 unspecified atom stereocenters. The zero-order valence-electron chi connectivity index (χ0n) is 7.56. The summed E-state index contributed by atoms with van der Waals surface area (Å²) in [6.07, 6.45) is 3.85. The average Bonchev–Trinajstić information content (AvgIpc) is 2.15. The number of rotatable bonds is 5. The number of nitrogen functional groups attached to an aromatic ring is 1. The van der Waals surface area contributed by atoms with Crippen LogP contribution in [0, 0.1) is 0 Å². The van der Waals surface area contributed by atoms with E-state index >= 15 is 0 Å². The van der Waals surface area contributed by atoms with Gasteiger partial charge in [0.25, 0.3) is 0 Å². The molecule has 1 rings (SSSR count). The fourth-order valence-electron chi connectivity index (χ4n) is 0.767. The van der Waals surface area contributed by atoms with Crippen LogP contribution in [-0.2, 0) is 4.74 Å². The second kappa shape index (κ2) is 5.31. The van der Waals surface area contributed by atoms with E-state index in [9.17, 15) is 0 Å². The lowest BCUT2D eigenvalue weighted by Gasteiger charge is -2.02. The molecular weight excluding hydrogens is 170 g/mol. The Kier molecular flexibility index (Phi) is 3.98. The maximum Gasteiger partial charge on any atom is 0.316 e. The van der Waals surface area contributed by atoms with Crippen LogP contribution >= 0.6 is 0 Å². The highest BCUT2D eigenvalue weighted by molar-refractivity contribution is 5.30. The molecule has 0 aliphatic rings. The van der Waals surface area contributed by atoms with Crippen LogP contribution in [0.25, 0.3) is 0 Å². The minimum Gasteiger partial charge on any atom is -0.463 e. The maximum absolute atomic E-state index is 5.40. The van der Waals surface area contributed by atoms with Crippen molar-refractivity contribution in [2.45, 2.75) is 6.42 Å². The van der Waals surface area contributed by atoms with Crippen LogP contribution in [-0.4, -0.2) is 30.3 Å². The van der Waals surface area contributed by atoms with Gasteiger partial charge >= 0.3 is 6.01 Å². The highest BCUT2D eigenvalue weighted by Crippen LogP contribution is 2.03. The van der Waals surface area contributed by atoms with E-state index in [1.807, 2.05) is 0 Å². The second-order valence-electron chi connectivity index (χ2n) is 2.49. The molecule has 0 saturated heterocycles. The van der Waals surface area contributed by atoms with Gasteiger partial charge in [0.05, 0.1) is 24.7 Å². The summed E-state index contributed by atoms with van der Waals surface area (Å²) in [5, 5.41) is 0. The standard InChI is InChI=1S/C8H13N3O2/c1-12-3-2-4-13-8-10-5-7(9)6-11-8/h5-6H,2-4,9H2,1H3. The summed E-state index contributed by atoms with van der Waals surface area (Å²) >= 11 is 0. The van der Waals surface area contributed by atoms with E-state index in [0.717, 1.165) is 6.42 Å². The molecule has 1 aromatic rings. The van der Waals surface area contributed by atoms with E-state index < -0.39 is 0 Å². The van der Waals surface area contributed by atoms with Crippen LogP contribution in [0.3, 0.4) is 0 Å². The molecule has 0 bridgehead atoms. The lowest BCUT2D eigenvalue weighted by Crippen LogP contribution is -2.04. The summed E-state index contributed by atoms with van der Waals surface area (Å²) < 4.78 is 10.1. The highest BCUT2D eigenvalue weighted by atomic mass is 16.5. The number of hydrogen-bond donors (Lipinski definition) is 1. The number of nitrogens with zero attached hydrogens (tertiary/aromatic N) is 2. The SMILES string of the molecule is COCCCOc1ncc(N)cn1. The maximum atomic E-state index is 5.40. The largest absolute Gasteiger partial charge is 0.463 e. The molecule has 0 atom stereocenters. The summed E-state index contributed by atoms with van der Waals surface area (Å²) in [7, 11) is 1.65. The number of ether oxygens (including phenoxy) is 2. The molecule has 2 N–H and O–H groups in total. The summed E-state index contributed by atoms with van der Waals surface area (Å²) in [4.78, 5) is 7.75. The third-order valence-electron chi connectivity index (χ3n) is 1.37. The molecular formula is C8H13N3O2. The second-order valence-corrected chi connectivity index (χ2v) is 2.49. The van der Waals surface area contributed by atoms with Gasteiger partial charge in [0.1, 0.15) is 0 Å². The first-order chi connectivity index (χ1) is 6.33. The van der Waals surface area contributed by atoms with E-state index in [0.29, 0.717) is 24.9 Å². The first-order valence-electron chi connectivity index (χ1n) is 4.02. The minimum absolute atomic E-state index is 0.352. The Labute approximate surface area is 76.9 Å². The normalized spacial score (nSPS) is 9.92. The van der Waals surface area contributed by atoms with E-state index in [4.69, 9.17) is 15.2 Å². The number of anilines is 1. The molecule has 1 aromatic heterocycles. The average molecular weight is 183 g/mol. The van der Waals surface area contributed by atoms with E-state index in [-0.39, 0.29) is 0 Å². The third kappa shape index (κ3) is 3.71.